The second-order valence-electron chi connectivity index (χ2n) is 2.73. The summed E-state index contributed by atoms with van der Waals surface area (Å²) in [6, 6.07) is 0. The van der Waals surface area contributed by atoms with E-state index in [0.29, 0.717) is 0 Å². The van der Waals surface area contributed by atoms with Crippen LogP contribution in [0.3, 0.4) is 0 Å². The second-order valence-corrected chi connectivity index (χ2v) is 2.73. The molecule has 0 saturated carbocycles. The summed E-state index contributed by atoms with van der Waals surface area (Å²) in [6.07, 6.45) is 1.31. The predicted molar refractivity (Wildman–Crippen MR) is 32.6 cm³/mol. The molecule has 0 bridgehead atoms. The Morgan fingerprint density at radius 1 is 1.60 bits per heavy atom. The summed E-state index contributed by atoms with van der Waals surface area (Å²) < 4.78 is 0. The molecule has 0 aliphatic carbocycles. The van der Waals surface area contributed by atoms with Crippen LogP contribution < -0.4 is 0 Å². The molecular weight excluding hydrogens is 132 g/mol. The third-order valence-corrected chi connectivity index (χ3v) is 0.914. The summed E-state index contributed by atoms with van der Waals surface area (Å²) in [5, 5.41) is 21.8. The first-order valence-electron chi connectivity index (χ1n) is 2.99. The van der Waals surface area contributed by atoms with Gasteiger partial charge in [-0.1, -0.05) is 0 Å². The van der Waals surface area contributed by atoms with Crippen molar-refractivity contribution in [2.45, 2.75) is 26.0 Å². The summed E-state index contributed by atoms with van der Waals surface area (Å²) >= 11 is 0. The SMILES string of the molecule is CC(C)([O])Cn1ncnn1. The van der Waals surface area contributed by atoms with Gasteiger partial charge < -0.3 is 0 Å². The molecule has 0 aliphatic heterocycles. The van der Waals surface area contributed by atoms with Crippen molar-refractivity contribution in [1.29, 1.82) is 0 Å². The van der Waals surface area contributed by atoms with Crippen LogP contribution in [0.15, 0.2) is 6.33 Å². The molecular formula is C5H9N4O. The number of rotatable bonds is 2. The largest absolute Gasteiger partial charge is 0.228 e. The summed E-state index contributed by atoms with van der Waals surface area (Å²) in [5.74, 6) is 0. The number of tetrazole rings is 1. The van der Waals surface area contributed by atoms with E-state index in [1.54, 1.807) is 13.8 Å². The van der Waals surface area contributed by atoms with Gasteiger partial charge in [-0.05, 0) is 19.1 Å². The Morgan fingerprint density at radius 2 is 2.30 bits per heavy atom. The lowest BCUT2D eigenvalue weighted by Gasteiger charge is -2.11. The molecule has 55 valence electrons. The second kappa shape index (κ2) is 2.34. The lowest BCUT2D eigenvalue weighted by atomic mass is 10.1. The molecule has 0 N–H and O–H groups in total. The Balaban J connectivity index is 2.57. The number of aromatic nitrogens is 4. The van der Waals surface area contributed by atoms with E-state index < -0.39 is 5.60 Å². The maximum Gasteiger partial charge on any atom is 0.162 e. The molecule has 10 heavy (non-hydrogen) atoms. The quantitative estimate of drug-likeness (QED) is 0.576. The molecule has 0 amide bonds. The molecule has 0 atom stereocenters. The standard InChI is InChI=1S/C5H9N4O/c1-5(2,10)3-9-7-4-6-8-9/h4H,3H2,1-2H3. The summed E-state index contributed by atoms with van der Waals surface area (Å²) in [7, 11) is 0. The third kappa shape index (κ3) is 2.10. The van der Waals surface area contributed by atoms with Gasteiger partial charge in [0.1, 0.15) is 5.60 Å². The van der Waals surface area contributed by atoms with E-state index in [1.807, 2.05) is 0 Å². The van der Waals surface area contributed by atoms with Gasteiger partial charge in [-0.25, -0.2) is 5.11 Å². The number of hydrogen-bond donors (Lipinski definition) is 0. The van der Waals surface area contributed by atoms with Crippen molar-refractivity contribution >= 4 is 0 Å². The Labute approximate surface area is 58.7 Å². The fraction of sp³-hybridized carbons (Fsp3) is 0.800. The van der Waals surface area contributed by atoms with Crippen LogP contribution >= 0.6 is 0 Å². The lowest BCUT2D eigenvalue weighted by Crippen LogP contribution is -2.25. The summed E-state index contributed by atoms with van der Waals surface area (Å²) in [6.45, 7) is 3.42. The van der Waals surface area contributed by atoms with Crippen LogP contribution in [0.5, 0.6) is 0 Å². The van der Waals surface area contributed by atoms with Gasteiger partial charge in [0.15, 0.2) is 6.33 Å². The molecule has 5 nitrogen and oxygen atoms in total. The average Bonchev–Trinajstić information content (AvgIpc) is 2.12. The highest BCUT2D eigenvalue weighted by Gasteiger charge is 2.16. The molecule has 0 unspecified atom stereocenters. The van der Waals surface area contributed by atoms with E-state index in [9.17, 15) is 5.11 Å². The van der Waals surface area contributed by atoms with E-state index in [4.69, 9.17) is 0 Å². The van der Waals surface area contributed by atoms with Crippen LogP contribution in [0.25, 0.3) is 0 Å². The Hall–Kier alpha value is -0.970. The monoisotopic (exact) mass is 141 g/mol. The fourth-order valence-electron chi connectivity index (χ4n) is 0.602. The Kier molecular flexibility index (Phi) is 1.67. The van der Waals surface area contributed by atoms with E-state index in [2.05, 4.69) is 15.4 Å². The Bertz CT molecular complexity index is 188. The number of nitrogens with zero attached hydrogens (tertiary/aromatic N) is 4. The zero-order valence-electron chi connectivity index (χ0n) is 5.98. The third-order valence-electron chi connectivity index (χ3n) is 0.914. The van der Waals surface area contributed by atoms with Crippen LogP contribution in [-0.2, 0) is 11.7 Å². The maximum atomic E-state index is 11.0. The van der Waals surface area contributed by atoms with Crippen molar-refractivity contribution in [3.8, 4) is 0 Å². The number of hydrogen-bond acceptors (Lipinski definition) is 3. The van der Waals surface area contributed by atoms with Gasteiger partial charge in [-0.15, -0.1) is 10.2 Å². The maximum absolute atomic E-state index is 11.0. The summed E-state index contributed by atoms with van der Waals surface area (Å²) in [4.78, 5) is 1.28. The zero-order valence-corrected chi connectivity index (χ0v) is 5.98. The first-order valence-corrected chi connectivity index (χ1v) is 2.99. The molecule has 1 aromatic rings. The van der Waals surface area contributed by atoms with E-state index in [1.165, 1.54) is 11.1 Å². The lowest BCUT2D eigenvalue weighted by molar-refractivity contribution is -0.0167. The highest BCUT2D eigenvalue weighted by atomic mass is 16.3. The van der Waals surface area contributed by atoms with Gasteiger partial charge in [-0.2, -0.15) is 4.80 Å². The van der Waals surface area contributed by atoms with Crippen LogP contribution in [0, 0.1) is 0 Å². The van der Waals surface area contributed by atoms with Crippen LogP contribution in [0.1, 0.15) is 13.8 Å². The highest BCUT2D eigenvalue weighted by Crippen LogP contribution is 2.02. The predicted octanol–water partition coefficient (Wildman–Crippen LogP) is -0.118. The average molecular weight is 141 g/mol. The van der Waals surface area contributed by atoms with Crippen molar-refractivity contribution in [2.24, 2.45) is 0 Å². The molecule has 1 heterocycles. The minimum Gasteiger partial charge on any atom is -0.228 e. The van der Waals surface area contributed by atoms with Gasteiger partial charge in [0.25, 0.3) is 0 Å². The molecule has 1 rings (SSSR count). The minimum atomic E-state index is -1.03. The van der Waals surface area contributed by atoms with Gasteiger partial charge in [0.2, 0.25) is 0 Å². The first kappa shape index (κ1) is 7.14. The minimum absolute atomic E-state index is 0.257. The van der Waals surface area contributed by atoms with E-state index >= 15 is 0 Å². The Morgan fingerprint density at radius 3 is 2.70 bits per heavy atom. The molecule has 0 aliphatic rings. The van der Waals surface area contributed by atoms with Crippen molar-refractivity contribution in [3.05, 3.63) is 6.33 Å². The smallest absolute Gasteiger partial charge is 0.162 e. The van der Waals surface area contributed by atoms with Crippen LogP contribution in [-0.4, -0.2) is 25.8 Å². The fourth-order valence-corrected chi connectivity index (χ4v) is 0.602. The normalized spacial score (nSPS) is 11.9. The van der Waals surface area contributed by atoms with Crippen molar-refractivity contribution in [1.82, 2.24) is 20.2 Å². The highest BCUT2D eigenvalue weighted by molar-refractivity contribution is 4.61. The molecule has 0 saturated heterocycles. The van der Waals surface area contributed by atoms with Crippen molar-refractivity contribution in [3.63, 3.8) is 0 Å². The zero-order chi connectivity index (χ0) is 7.61. The molecule has 5 heteroatoms. The summed E-state index contributed by atoms with van der Waals surface area (Å²) in [5.41, 5.74) is -1.03. The topological polar surface area (TPSA) is 63.5 Å². The molecule has 1 radical (unpaired) electrons. The van der Waals surface area contributed by atoms with Gasteiger partial charge in [-0.3, -0.25) is 0 Å². The van der Waals surface area contributed by atoms with Crippen LogP contribution in [0.2, 0.25) is 0 Å². The molecule has 0 fully saturated rings. The first-order chi connectivity index (χ1) is 4.58. The van der Waals surface area contributed by atoms with E-state index in [-0.39, 0.29) is 6.54 Å². The van der Waals surface area contributed by atoms with Crippen molar-refractivity contribution < 1.29 is 5.11 Å². The molecule has 1 aromatic heterocycles. The van der Waals surface area contributed by atoms with Crippen LogP contribution in [0.4, 0.5) is 0 Å². The van der Waals surface area contributed by atoms with Gasteiger partial charge in [0.05, 0.1) is 6.54 Å². The van der Waals surface area contributed by atoms with Gasteiger partial charge in [0, 0.05) is 0 Å². The molecule has 0 spiro atoms. The molecule has 0 aromatic carbocycles. The van der Waals surface area contributed by atoms with Crippen molar-refractivity contribution in [2.75, 3.05) is 0 Å². The van der Waals surface area contributed by atoms with Gasteiger partial charge >= 0.3 is 0 Å². The van der Waals surface area contributed by atoms with E-state index in [0.717, 1.165) is 0 Å².